The SMILES string of the molecule is CC(C)CCN(c1ccc(CO)cc1Br)C1CC1. The molecule has 0 bridgehead atoms. The summed E-state index contributed by atoms with van der Waals surface area (Å²) >= 11 is 3.64. The molecule has 18 heavy (non-hydrogen) atoms. The minimum absolute atomic E-state index is 0.105. The Morgan fingerprint density at radius 1 is 1.39 bits per heavy atom. The van der Waals surface area contributed by atoms with E-state index in [0.29, 0.717) is 0 Å². The van der Waals surface area contributed by atoms with Crippen molar-refractivity contribution in [2.24, 2.45) is 5.92 Å². The molecular formula is C15H22BrNO. The highest BCUT2D eigenvalue weighted by Gasteiger charge is 2.30. The van der Waals surface area contributed by atoms with Crippen molar-refractivity contribution >= 4 is 21.6 Å². The number of aliphatic hydroxyl groups is 1. The molecule has 0 aromatic heterocycles. The molecule has 1 saturated carbocycles. The van der Waals surface area contributed by atoms with Crippen molar-refractivity contribution in [2.45, 2.75) is 45.8 Å². The monoisotopic (exact) mass is 311 g/mol. The number of rotatable bonds is 6. The first-order valence-corrected chi connectivity index (χ1v) is 7.57. The summed E-state index contributed by atoms with van der Waals surface area (Å²) in [4.78, 5) is 2.52. The molecule has 0 radical (unpaired) electrons. The lowest BCUT2D eigenvalue weighted by molar-refractivity contribution is 0.282. The van der Waals surface area contributed by atoms with E-state index < -0.39 is 0 Å². The predicted molar refractivity (Wildman–Crippen MR) is 79.9 cm³/mol. The molecule has 0 saturated heterocycles. The van der Waals surface area contributed by atoms with E-state index in [0.717, 1.165) is 28.5 Å². The Labute approximate surface area is 118 Å². The molecular weight excluding hydrogens is 290 g/mol. The van der Waals surface area contributed by atoms with Gasteiger partial charge in [0.2, 0.25) is 0 Å². The first-order chi connectivity index (χ1) is 8.61. The fraction of sp³-hybridized carbons (Fsp3) is 0.600. The van der Waals surface area contributed by atoms with Gasteiger partial charge in [-0.3, -0.25) is 0 Å². The van der Waals surface area contributed by atoms with Gasteiger partial charge in [0.05, 0.1) is 12.3 Å². The molecule has 1 aromatic rings. The Morgan fingerprint density at radius 3 is 2.61 bits per heavy atom. The Kier molecular flexibility index (Phi) is 4.68. The first-order valence-electron chi connectivity index (χ1n) is 6.77. The number of nitrogens with zero attached hydrogens (tertiary/aromatic N) is 1. The maximum atomic E-state index is 9.15. The molecule has 1 aliphatic carbocycles. The molecule has 3 heteroatoms. The van der Waals surface area contributed by atoms with Crippen molar-refractivity contribution in [1.29, 1.82) is 0 Å². The second-order valence-corrected chi connectivity index (χ2v) is 6.41. The fourth-order valence-electron chi connectivity index (χ4n) is 2.16. The highest BCUT2D eigenvalue weighted by atomic mass is 79.9. The van der Waals surface area contributed by atoms with E-state index in [9.17, 15) is 0 Å². The highest BCUT2D eigenvalue weighted by molar-refractivity contribution is 9.10. The van der Waals surface area contributed by atoms with Crippen LogP contribution in [0.3, 0.4) is 0 Å². The lowest BCUT2D eigenvalue weighted by atomic mass is 10.1. The van der Waals surface area contributed by atoms with Gasteiger partial charge in [-0.05, 0) is 58.8 Å². The van der Waals surface area contributed by atoms with Gasteiger partial charge in [0.25, 0.3) is 0 Å². The van der Waals surface area contributed by atoms with Crippen molar-refractivity contribution in [3.63, 3.8) is 0 Å². The largest absolute Gasteiger partial charge is 0.392 e. The fourth-order valence-corrected chi connectivity index (χ4v) is 2.82. The molecule has 2 nitrogen and oxygen atoms in total. The van der Waals surface area contributed by atoms with Crippen LogP contribution in [0.5, 0.6) is 0 Å². The lowest BCUT2D eigenvalue weighted by Crippen LogP contribution is -2.28. The third-order valence-electron chi connectivity index (χ3n) is 3.44. The zero-order valence-electron chi connectivity index (χ0n) is 11.2. The van der Waals surface area contributed by atoms with Crippen molar-refractivity contribution < 1.29 is 5.11 Å². The number of anilines is 1. The van der Waals surface area contributed by atoms with Crippen LogP contribution in [-0.2, 0) is 6.61 Å². The van der Waals surface area contributed by atoms with Crippen molar-refractivity contribution in [1.82, 2.24) is 0 Å². The van der Waals surface area contributed by atoms with Gasteiger partial charge in [0.15, 0.2) is 0 Å². The average Bonchev–Trinajstić information content (AvgIpc) is 3.15. The third-order valence-corrected chi connectivity index (χ3v) is 4.07. The minimum atomic E-state index is 0.105. The van der Waals surface area contributed by atoms with Crippen LogP contribution in [0.2, 0.25) is 0 Å². The van der Waals surface area contributed by atoms with E-state index in [2.05, 4.69) is 40.7 Å². The van der Waals surface area contributed by atoms with Gasteiger partial charge in [-0.1, -0.05) is 19.9 Å². The molecule has 1 fully saturated rings. The summed E-state index contributed by atoms with van der Waals surface area (Å²) in [6, 6.07) is 6.90. The molecule has 0 spiro atoms. The topological polar surface area (TPSA) is 23.5 Å². The summed E-state index contributed by atoms with van der Waals surface area (Å²) in [6.45, 7) is 5.78. The molecule has 0 amide bonds. The Hall–Kier alpha value is -0.540. The summed E-state index contributed by atoms with van der Waals surface area (Å²) < 4.78 is 1.10. The van der Waals surface area contributed by atoms with E-state index in [-0.39, 0.29) is 6.61 Å². The lowest BCUT2D eigenvalue weighted by Gasteiger charge is -2.27. The van der Waals surface area contributed by atoms with Crippen LogP contribution in [0.4, 0.5) is 5.69 Å². The molecule has 1 N–H and O–H groups in total. The molecule has 2 rings (SSSR count). The number of halogens is 1. The maximum absolute atomic E-state index is 9.15. The van der Waals surface area contributed by atoms with Gasteiger partial charge in [0.1, 0.15) is 0 Å². The Balaban J connectivity index is 2.14. The van der Waals surface area contributed by atoms with Crippen molar-refractivity contribution in [3.8, 4) is 0 Å². The van der Waals surface area contributed by atoms with Gasteiger partial charge < -0.3 is 10.0 Å². The van der Waals surface area contributed by atoms with Gasteiger partial charge in [-0.25, -0.2) is 0 Å². The number of aliphatic hydroxyl groups excluding tert-OH is 1. The highest BCUT2D eigenvalue weighted by Crippen LogP contribution is 2.36. The second kappa shape index (κ2) is 6.07. The smallest absolute Gasteiger partial charge is 0.0682 e. The van der Waals surface area contributed by atoms with Crippen LogP contribution >= 0.6 is 15.9 Å². The zero-order chi connectivity index (χ0) is 13.1. The predicted octanol–water partition coefficient (Wildman–Crippen LogP) is 3.96. The molecule has 1 aromatic carbocycles. The summed E-state index contributed by atoms with van der Waals surface area (Å²) in [5.41, 5.74) is 2.24. The van der Waals surface area contributed by atoms with E-state index in [1.807, 2.05) is 12.1 Å². The van der Waals surface area contributed by atoms with Gasteiger partial charge in [-0.2, -0.15) is 0 Å². The average molecular weight is 312 g/mol. The van der Waals surface area contributed by atoms with Crippen LogP contribution in [-0.4, -0.2) is 17.7 Å². The normalized spacial score (nSPS) is 15.2. The van der Waals surface area contributed by atoms with Crippen LogP contribution in [0.25, 0.3) is 0 Å². The van der Waals surface area contributed by atoms with Crippen LogP contribution in [0, 0.1) is 5.92 Å². The van der Waals surface area contributed by atoms with E-state index in [1.165, 1.54) is 24.9 Å². The summed E-state index contributed by atoms with van der Waals surface area (Å²) in [5, 5.41) is 9.15. The van der Waals surface area contributed by atoms with Gasteiger partial charge >= 0.3 is 0 Å². The van der Waals surface area contributed by atoms with Crippen LogP contribution < -0.4 is 4.90 Å². The Bertz CT molecular complexity index is 401. The zero-order valence-corrected chi connectivity index (χ0v) is 12.8. The molecule has 0 atom stereocenters. The first kappa shape index (κ1) is 13.9. The molecule has 100 valence electrons. The van der Waals surface area contributed by atoms with Crippen LogP contribution in [0.1, 0.15) is 38.7 Å². The van der Waals surface area contributed by atoms with Crippen LogP contribution in [0.15, 0.2) is 22.7 Å². The summed E-state index contributed by atoms with van der Waals surface area (Å²) in [7, 11) is 0. The molecule has 0 unspecified atom stereocenters. The number of benzene rings is 1. The van der Waals surface area contributed by atoms with Gasteiger partial charge in [-0.15, -0.1) is 0 Å². The summed E-state index contributed by atoms with van der Waals surface area (Å²) in [6.07, 6.45) is 3.85. The standard InChI is InChI=1S/C15H22BrNO/c1-11(2)7-8-17(13-4-5-13)15-6-3-12(10-18)9-14(15)16/h3,6,9,11,13,18H,4-5,7-8,10H2,1-2H3. The van der Waals surface area contributed by atoms with E-state index in [1.54, 1.807) is 0 Å². The van der Waals surface area contributed by atoms with Crippen molar-refractivity contribution in [3.05, 3.63) is 28.2 Å². The van der Waals surface area contributed by atoms with Gasteiger partial charge in [0, 0.05) is 17.1 Å². The van der Waals surface area contributed by atoms with E-state index >= 15 is 0 Å². The molecule has 0 aliphatic heterocycles. The minimum Gasteiger partial charge on any atom is -0.392 e. The third kappa shape index (κ3) is 3.48. The summed E-state index contributed by atoms with van der Waals surface area (Å²) in [5.74, 6) is 0.738. The molecule has 1 aliphatic rings. The molecule has 0 heterocycles. The Morgan fingerprint density at radius 2 is 2.11 bits per heavy atom. The van der Waals surface area contributed by atoms with E-state index in [4.69, 9.17) is 5.11 Å². The number of hydrogen-bond acceptors (Lipinski definition) is 2. The number of hydrogen-bond donors (Lipinski definition) is 1. The van der Waals surface area contributed by atoms with Crippen molar-refractivity contribution in [2.75, 3.05) is 11.4 Å². The maximum Gasteiger partial charge on any atom is 0.0682 e. The quantitative estimate of drug-likeness (QED) is 0.859. The second-order valence-electron chi connectivity index (χ2n) is 5.55.